The van der Waals surface area contributed by atoms with E-state index < -0.39 is 12.1 Å². The normalized spacial score (nSPS) is 26.4. The zero-order valence-corrected chi connectivity index (χ0v) is 18.9. The van der Waals surface area contributed by atoms with Crippen molar-refractivity contribution in [3.8, 4) is 0 Å². The van der Waals surface area contributed by atoms with Crippen molar-refractivity contribution < 1.29 is 17.9 Å². The molecule has 5 nitrogen and oxygen atoms in total. The van der Waals surface area contributed by atoms with E-state index in [1.807, 2.05) is 6.92 Å². The maximum absolute atomic E-state index is 13.0. The van der Waals surface area contributed by atoms with Gasteiger partial charge in [0.2, 0.25) is 0 Å². The number of nitrogens with zero attached hydrogens (tertiary/aromatic N) is 2. The SMILES string of the molecule is CCNC(=NCC1(N(C)C)CCOCC1)NC1CCCC(C(F)(F)F)C1.I. The molecule has 27 heavy (non-hydrogen) atoms. The summed E-state index contributed by atoms with van der Waals surface area (Å²) in [5.41, 5.74) is -0.0539. The quantitative estimate of drug-likeness (QED) is 0.341. The number of halogens is 4. The fourth-order valence-electron chi connectivity index (χ4n) is 3.86. The van der Waals surface area contributed by atoms with E-state index in [0.717, 1.165) is 19.3 Å². The van der Waals surface area contributed by atoms with Gasteiger partial charge in [-0.2, -0.15) is 13.2 Å². The van der Waals surface area contributed by atoms with Crippen LogP contribution in [0.25, 0.3) is 0 Å². The van der Waals surface area contributed by atoms with Crippen molar-refractivity contribution >= 4 is 29.9 Å². The topological polar surface area (TPSA) is 48.9 Å². The summed E-state index contributed by atoms with van der Waals surface area (Å²) < 4.78 is 44.6. The van der Waals surface area contributed by atoms with Crippen molar-refractivity contribution in [1.82, 2.24) is 15.5 Å². The molecule has 2 aliphatic rings. The molecule has 9 heteroatoms. The van der Waals surface area contributed by atoms with Crippen LogP contribution in [0.3, 0.4) is 0 Å². The Labute approximate surface area is 177 Å². The first-order valence-electron chi connectivity index (χ1n) is 9.63. The number of likely N-dealkylation sites (N-methyl/N-ethyl adjacent to an activating group) is 1. The van der Waals surface area contributed by atoms with Gasteiger partial charge in [0.1, 0.15) is 0 Å². The molecule has 0 aromatic rings. The highest BCUT2D eigenvalue weighted by molar-refractivity contribution is 14.0. The first kappa shape index (κ1) is 24.7. The van der Waals surface area contributed by atoms with Crippen LogP contribution in [0, 0.1) is 5.92 Å². The minimum atomic E-state index is -4.10. The van der Waals surface area contributed by atoms with Gasteiger partial charge in [-0.1, -0.05) is 6.42 Å². The molecule has 0 amide bonds. The van der Waals surface area contributed by atoms with Gasteiger partial charge >= 0.3 is 6.18 Å². The average molecular weight is 506 g/mol. The molecule has 1 aliphatic heterocycles. The molecule has 0 bridgehead atoms. The molecular formula is C18H34F3IN4O. The van der Waals surface area contributed by atoms with Gasteiger partial charge in [-0.25, -0.2) is 0 Å². The second-order valence-electron chi connectivity index (χ2n) is 7.67. The molecule has 2 atom stereocenters. The lowest BCUT2D eigenvalue weighted by molar-refractivity contribution is -0.183. The summed E-state index contributed by atoms with van der Waals surface area (Å²) >= 11 is 0. The van der Waals surface area contributed by atoms with Gasteiger partial charge < -0.3 is 20.3 Å². The fraction of sp³-hybridized carbons (Fsp3) is 0.944. The first-order chi connectivity index (χ1) is 12.3. The van der Waals surface area contributed by atoms with E-state index in [0.29, 0.717) is 38.7 Å². The van der Waals surface area contributed by atoms with Crippen LogP contribution in [-0.2, 0) is 4.74 Å². The number of ether oxygens (including phenoxy) is 1. The van der Waals surface area contributed by atoms with Crippen LogP contribution in [0.2, 0.25) is 0 Å². The maximum Gasteiger partial charge on any atom is 0.391 e. The molecule has 1 saturated carbocycles. The highest BCUT2D eigenvalue weighted by Gasteiger charge is 2.42. The smallest absolute Gasteiger partial charge is 0.381 e. The molecule has 1 heterocycles. The van der Waals surface area contributed by atoms with Gasteiger partial charge in [0.05, 0.1) is 12.5 Å². The van der Waals surface area contributed by atoms with E-state index in [-0.39, 0.29) is 48.4 Å². The molecular weight excluding hydrogens is 472 g/mol. The van der Waals surface area contributed by atoms with Crippen LogP contribution in [0.1, 0.15) is 45.4 Å². The number of nitrogens with one attached hydrogen (secondary N) is 2. The Morgan fingerprint density at radius 1 is 1.22 bits per heavy atom. The van der Waals surface area contributed by atoms with Crippen molar-refractivity contribution in [3.63, 3.8) is 0 Å². The lowest BCUT2D eigenvalue weighted by Crippen LogP contribution is -2.52. The van der Waals surface area contributed by atoms with E-state index in [4.69, 9.17) is 9.73 Å². The highest BCUT2D eigenvalue weighted by atomic mass is 127. The molecule has 2 fully saturated rings. The Morgan fingerprint density at radius 2 is 1.89 bits per heavy atom. The van der Waals surface area contributed by atoms with Crippen molar-refractivity contribution in [2.24, 2.45) is 10.9 Å². The Balaban J connectivity index is 0.00000364. The second kappa shape index (κ2) is 11.0. The van der Waals surface area contributed by atoms with Crippen LogP contribution >= 0.6 is 24.0 Å². The summed E-state index contributed by atoms with van der Waals surface area (Å²) in [7, 11) is 4.10. The number of hydrogen-bond acceptors (Lipinski definition) is 3. The molecule has 0 radical (unpaired) electrons. The summed E-state index contributed by atoms with van der Waals surface area (Å²) in [6.45, 7) is 4.68. The largest absolute Gasteiger partial charge is 0.391 e. The van der Waals surface area contributed by atoms with Crippen LogP contribution in [-0.4, -0.2) is 69.0 Å². The standard InChI is InChI=1S/C18H33F3N4O.HI/c1-4-22-16(23-13-17(25(2)3)8-10-26-11-9-17)24-15-7-5-6-14(12-15)18(19,20)21;/h14-15H,4-13H2,1-3H3,(H2,22,23,24);1H. The molecule has 2 rings (SSSR count). The Morgan fingerprint density at radius 3 is 2.44 bits per heavy atom. The van der Waals surface area contributed by atoms with E-state index >= 15 is 0 Å². The van der Waals surface area contributed by atoms with Gasteiger partial charge in [0.25, 0.3) is 0 Å². The van der Waals surface area contributed by atoms with Gasteiger partial charge in [0, 0.05) is 31.3 Å². The predicted octanol–water partition coefficient (Wildman–Crippen LogP) is 3.39. The maximum atomic E-state index is 13.0. The molecule has 2 unspecified atom stereocenters. The zero-order chi connectivity index (χ0) is 19.2. The number of rotatable bonds is 5. The Kier molecular flexibility index (Phi) is 10.1. The van der Waals surface area contributed by atoms with Gasteiger partial charge in [0.15, 0.2) is 5.96 Å². The van der Waals surface area contributed by atoms with Gasteiger partial charge in [-0.05, 0) is 53.1 Å². The number of hydrogen-bond donors (Lipinski definition) is 2. The summed E-state index contributed by atoms with van der Waals surface area (Å²) in [5.74, 6) is -0.590. The molecule has 1 saturated heterocycles. The third-order valence-corrected chi connectivity index (χ3v) is 5.73. The summed E-state index contributed by atoms with van der Waals surface area (Å²) in [6, 6.07) is -0.182. The zero-order valence-electron chi connectivity index (χ0n) is 16.6. The molecule has 160 valence electrons. The third-order valence-electron chi connectivity index (χ3n) is 5.73. The molecule has 0 spiro atoms. The van der Waals surface area contributed by atoms with E-state index in [2.05, 4.69) is 29.6 Å². The fourth-order valence-corrected chi connectivity index (χ4v) is 3.86. The average Bonchev–Trinajstić information content (AvgIpc) is 2.60. The Bertz CT molecular complexity index is 468. The van der Waals surface area contributed by atoms with Crippen LogP contribution < -0.4 is 10.6 Å². The molecule has 0 aromatic carbocycles. The molecule has 2 N–H and O–H groups in total. The van der Waals surface area contributed by atoms with E-state index in [1.165, 1.54) is 0 Å². The third kappa shape index (κ3) is 7.23. The van der Waals surface area contributed by atoms with Crippen molar-refractivity contribution in [2.75, 3.05) is 40.4 Å². The minimum Gasteiger partial charge on any atom is -0.381 e. The van der Waals surface area contributed by atoms with Crippen LogP contribution in [0.15, 0.2) is 4.99 Å². The monoisotopic (exact) mass is 506 g/mol. The van der Waals surface area contributed by atoms with Crippen molar-refractivity contribution in [3.05, 3.63) is 0 Å². The molecule has 0 aromatic heterocycles. The van der Waals surface area contributed by atoms with E-state index in [1.54, 1.807) is 0 Å². The number of guanidine groups is 1. The lowest BCUT2D eigenvalue weighted by atomic mass is 9.85. The molecule has 1 aliphatic carbocycles. The lowest BCUT2D eigenvalue weighted by Gasteiger charge is -2.42. The van der Waals surface area contributed by atoms with E-state index in [9.17, 15) is 13.2 Å². The number of aliphatic imine (C=N–C) groups is 1. The number of alkyl halides is 3. The summed E-state index contributed by atoms with van der Waals surface area (Å²) in [5, 5.41) is 6.43. The highest BCUT2D eigenvalue weighted by Crippen LogP contribution is 2.37. The second-order valence-corrected chi connectivity index (χ2v) is 7.67. The van der Waals surface area contributed by atoms with Crippen LogP contribution in [0.5, 0.6) is 0 Å². The summed E-state index contributed by atoms with van der Waals surface area (Å²) in [6.07, 6.45) is -0.582. The Hall–Kier alpha value is -0.290. The summed E-state index contributed by atoms with van der Waals surface area (Å²) in [4.78, 5) is 6.93. The predicted molar refractivity (Wildman–Crippen MR) is 113 cm³/mol. The van der Waals surface area contributed by atoms with Gasteiger partial charge in [-0.3, -0.25) is 4.99 Å². The van der Waals surface area contributed by atoms with Crippen molar-refractivity contribution in [2.45, 2.75) is 63.2 Å². The van der Waals surface area contributed by atoms with Crippen molar-refractivity contribution in [1.29, 1.82) is 0 Å². The van der Waals surface area contributed by atoms with Crippen LogP contribution in [0.4, 0.5) is 13.2 Å². The first-order valence-corrected chi connectivity index (χ1v) is 9.63. The minimum absolute atomic E-state index is 0. The van der Waals surface area contributed by atoms with Gasteiger partial charge in [-0.15, -0.1) is 24.0 Å².